The van der Waals surface area contributed by atoms with Gasteiger partial charge in [-0.1, -0.05) is 291 Å². The van der Waals surface area contributed by atoms with Crippen LogP contribution in [0.4, 0.5) is 0 Å². The molecule has 0 radical (unpaired) electrons. The van der Waals surface area contributed by atoms with E-state index in [0.29, 0.717) is 0 Å². The van der Waals surface area contributed by atoms with Crippen LogP contribution >= 0.6 is 0 Å². The third kappa shape index (κ3) is 8.16. The Bertz CT molecular complexity index is 6620. The SMILES string of the molecule is [2H]c1c([2H])c([2H])c(-c2c3c([2H])c([2H])c([2H])c([2H])c3c(-c3c([2H])c([2H])c([2H])c4oc5c6c([2H])c([2H])c([2H])c([2H])c6c([2H])c([2H])c5c34)c3c([2H])c([2H])c([2H])c([2H])c23)c([2H])c1[2H].c1ccc(-c2ccc3c(-c4ccc(-c5ccc6ccccc6c5)cc4)c4ccccc4c(-c4cccc5ccccc45)c3c2)cc1. The van der Waals surface area contributed by atoms with Gasteiger partial charge in [-0.3, -0.25) is 0 Å². The van der Waals surface area contributed by atoms with Crippen LogP contribution in [-0.2, 0) is 0 Å². The van der Waals surface area contributed by atoms with Gasteiger partial charge in [0.15, 0.2) is 0 Å². The highest BCUT2D eigenvalue weighted by Gasteiger charge is 2.22. The van der Waals surface area contributed by atoms with Gasteiger partial charge in [0, 0.05) is 16.2 Å². The molecule has 0 bridgehead atoms. The van der Waals surface area contributed by atoms with E-state index in [1.54, 1.807) is 0 Å². The summed E-state index contributed by atoms with van der Waals surface area (Å²) in [5.74, 6) is 0. The van der Waals surface area contributed by atoms with E-state index in [-0.39, 0.29) is 0 Å². The largest absolute Gasteiger partial charge is 0.455 e. The van der Waals surface area contributed by atoms with E-state index in [9.17, 15) is 6.85 Å². The zero-order chi connectivity index (χ0) is 73.9. The van der Waals surface area contributed by atoms with E-state index in [4.69, 9.17) is 27.7 Å². The molecule has 0 aliphatic carbocycles. The number of hydrogen-bond acceptors (Lipinski definition) is 1. The van der Waals surface area contributed by atoms with E-state index in [1.807, 2.05) is 0 Å². The second-order valence-electron chi connectivity index (χ2n) is 20.1. The molecule has 16 aromatic carbocycles. The first-order valence-electron chi connectivity index (χ1n) is 37.8. The van der Waals surface area contributed by atoms with Crippen LogP contribution in [0.1, 0.15) is 30.2 Å². The lowest BCUT2D eigenvalue weighted by atomic mass is 9.83. The van der Waals surface area contributed by atoms with Crippen molar-refractivity contribution in [3.8, 4) is 66.8 Å². The van der Waals surface area contributed by atoms with Crippen LogP contribution in [0.5, 0.6) is 0 Å². The Morgan fingerprint density at radius 3 is 1.52 bits per heavy atom. The number of furan rings is 1. The molecule has 1 nitrogen and oxygen atoms in total. The summed E-state index contributed by atoms with van der Waals surface area (Å²) in [5, 5.41) is 5.95. The van der Waals surface area contributed by atoms with Crippen molar-refractivity contribution in [3.63, 3.8) is 0 Å². The molecule has 1 aromatic heterocycles. The van der Waals surface area contributed by atoms with Crippen molar-refractivity contribution in [2.45, 2.75) is 0 Å². The Morgan fingerprint density at radius 1 is 0.229 bits per heavy atom. The summed E-state index contributed by atoms with van der Waals surface area (Å²) in [6.07, 6.45) is 0. The Labute approximate surface area is 512 Å². The Kier molecular flexibility index (Phi) is 7.40. The highest BCUT2D eigenvalue weighted by atomic mass is 16.3. The first kappa shape index (κ1) is 30.7. The fourth-order valence-electron chi connectivity index (χ4n) is 11.9. The van der Waals surface area contributed by atoms with Crippen molar-refractivity contribution in [1.29, 1.82) is 0 Å². The maximum Gasteiger partial charge on any atom is 0.143 e. The van der Waals surface area contributed by atoms with Crippen molar-refractivity contribution in [3.05, 3.63) is 315 Å². The zero-order valence-corrected chi connectivity index (χ0v) is 43.7. The predicted octanol–water partition coefficient (Wildman–Crippen LogP) is 23.3. The van der Waals surface area contributed by atoms with Crippen LogP contribution in [0.3, 0.4) is 0 Å². The van der Waals surface area contributed by atoms with Crippen LogP contribution in [0.25, 0.3) is 164 Å². The van der Waals surface area contributed by atoms with Crippen LogP contribution in [0, 0.1) is 0 Å². The average Bonchev–Trinajstić information content (AvgIpc) is 1.66. The third-order valence-electron chi connectivity index (χ3n) is 15.6. The second kappa shape index (κ2) is 20.0. The van der Waals surface area contributed by atoms with Gasteiger partial charge in [-0.05, 0) is 161 Å². The zero-order valence-electron chi connectivity index (χ0n) is 65.7. The first-order chi connectivity index (χ1) is 50.3. The lowest BCUT2D eigenvalue weighted by molar-refractivity contribution is 0.673. The van der Waals surface area contributed by atoms with Crippen LogP contribution < -0.4 is 0 Å². The topological polar surface area (TPSA) is 13.1 Å². The Hall–Kier alpha value is -10.9. The van der Waals surface area contributed by atoms with Crippen molar-refractivity contribution >= 4 is 97.3 Å². The van der Waals surface area contributed by atoms with Crippen LogP contribution in [0.2, 0.25) is 0 Å². The van der Waals surface area contributed by atoms with Crippen molar-refractivity contribution < 1.29 is 34.6 Å². The minimum absolute atomic E-state index is 0.401. The van der Waals surface area contributed by atoms with E-state index < -0.39 is 209 Å². The number of fused-ring (bicyclic) bond motifs is 11. The second-order valence-corrected chi connectivity index (χ2v) is 20.1. The normalized spacial score (nSPS) is 15.3. The fourth-order valence-corrected chi connectivity index (χ4v) is 11.9. The monoisotopic (exact) mass is 1070 g/mol. The van der Waals surface area contributed by atoms with Gasteiger partial charge in [0.05, 0.1) is 30.2 Å². The van der Waals surface area contributed by atoms with Gasteiger partial charge in [0.1, 0.15) is 11.2 Å². The Morgan fingerprint density at radius 2 is 0.759 bits per heavy atom. The molecule has 17 aromatic rings. The van der Waals surface area contributed by atoms with Gasteiger partial charge in [0.25, 0.3) is 0 Å². The Balaban J connectivity index is 0.000000166. The molecule has 17 rings (SSSR count). The molecule has 386 valence electrons. The van der Waals surface area contributed by atoms with Gasteiger partial charge in [-0.25, -0.2) is 0 Å². The molecule has 0 aliphatic rings. The molecule has 1 heterocycles. The molecule has 0 saturated carbocycles. The highest BCUT2D eigenvalue weighted by Crippen LogP contribution is 2.49. The quantitative estimate of drug-likeness (QED) is 0.151. The van der Waals surface area contributed by atoms with Gasteiger partial charge in [0.2, 0.25) is 0 Å². The summed E-state index contributed by atoms with van der Waals surface area (Å²) in [6.45, 7) is 0. The molecule has 0 N–H and O–H groups in total. The van der Waals surface area contributed by atoms with Gasteiger partial charge in [-0.15, -0.1) is 0 Å². The lowest BCUT2D eigenvalue weighted by Gasteiger charge is -2.20. The molecule has 1 heteroatoms. The van der Waals surface area contributed by atoms with Gasteiger partial charge in [-0.2, -0.15) is 0 Å². The molecule has 0 aliphatic heterocycles. The van der Waals surface area contributed by atoms with Crippen LogP contribution in [0.15, 0.2) is 319 Å². The molecule has 0 spiro atoms. The van der Waals surface area contributed by atoms with E-state index in [1.165, 1.54) is 87.6 Å². The summed E-state index contributed by atoms with van der Waals surface area (Å²) in [6, 6.07) is 48.1. The van der Waals surface area contributed by atoms with Gasteiger partial charge < -0.3 is 4.42 Å². The maximum atomic E-state index is 9.36. The van der Waals surface area contributed by atoms with Crippen LogP contribution in [-0.4, -0.2) is 0 Å². The minimum atomic E-state index is -0.907. The van der Waals surface area contributed by atoms with E-state index in [0.717, 1.165) is 0 Å². The molecule has 0 saturated heterocycles. The van der Waals surface area contributed by atoms with Crippen molar-refractivity contribution in [2.75, 3.05) is 0 Å². The average molecular weight is 1080 g/mol. The summed E-state index contributed by atoms with van der Waals surface area (Å²) < 4.78 is 200. The number of benzene rings is 16. The lowest BCUT2D eigenvalue weighted by Crippen LogP contribution is -1.92. The minimum Gasteiger partial charge on any atom is -0.455 e. The molecule has 0 amide bonds. The standard InChI is InChI=1S/C46H30.C36H22O/c1-2-11-31(12-3-1)38-27-28-43-44(30-38)46(40-20-10-16-34-14-6-7-17-39(34)40)42-19-9-8-18-41(42)45(43)35-24-21-33(22-25-35)37-26-23-32-13-4-5-15-36(32)29-37;1-2-12-24(13-3-1)33-26-15-6-8-17-28(26)34(29-18-9-7-16-27(29)33)30-19-10-20-32-35(30)31-22-21-23-11-4-5-14-25(23)36(31)37-32/h1-30H;1-22H/i;1D,2D,3D,4D,5D,6D,7D,8D,9D,10D,11D,12D,13D,14D,15D,16D,17D,18D,19D,20D,21D,22D. The summed E-state index contributed by atoms with van der Waals surface area (Å²) in [5.41, 5.74) is 6.44. The molecular formula is C82H52O. The molecule has 0 atom stereocenters. The molecule has 0 fully saturated rings. The van der Waals surface area contributed by atoms with Crippen molar-refractivity contribution in [2.24, 2.45) is 0 Å². The number of hydrogen-bond donors (Lipinski definition) is 0. The fraction of sp³-hybridized carbons (Fsp3) is 0. The van der Waals surface area contributed by atoms with E-state index >= 15 is 0 Å². The first-order valence-corrected chi connectivity index (χ1v) is 26.8. The molecular weight excluding hydrogens is 1000 g/mol. The maximum absolute atomic E-state index is 9.36. The molecule has 83 heavy (non-hydrogen) atoms. The summed E-state index contributed by atoms with van der Waals surface area (Å²) in [7, 11) is 0. The number of rotatable bonds is 6. The van der Waals surface area contributed by atoms with Gasteiger partial charge >= 0.3 is 0 Å². The summed E-state index contributed by atoms with van der Waals surface area (Å²) in [4.78, 5) is 0. The summed E-state index contributed by atoms with van der Waals surface area (Å²) >= 11 is 0. The predicted molar refractivity (Wildman–Crippen MR) is 355 cm³/mol. The smallest absolute Gasteiger partial charge is 0.143 e. The van der Waals surface area contributed by atoms with Crippen molar-refractivity contribution in [1.82, 2.24) is 0 Å². The van der Waals surface area contributed by atoms with E-state index in [2.05, 4.69) is 182 Å². The highest BCUT2D eigenvalue weighted by molar-refractivity contribution is 6.28. The molecule has 0 unspecified atom stereocenters. The third-order valence-corrected chi connectivity index (χ3v) is 15.6.